The average Bonchev–Trinajstić information content (AvgIpc) is 2.50. The van der Waals surface area contributed by atoms with Gasteiger partial charge in [-0.15, -0.1) is 0 Å². The van der Waals surface area contributed by atoms with E-state index in [-0.39, 0.29) is 5.91 Å². The number of pyridine rings is 1. The average molecular weight is 301 g/mol. The topological polar surface area (TPSA) is 77.8 Å². The Morgan fingerprint density at radius 2 is 2.19 bits per heavy atom. The molecule has 5 nitrogen and oxygen atoms in total. The van der Waals surface area contributed by atoms with Gasteiger partial charge in [-0.2, -0.15) is 5.26 Å². The summed E-state index contributed by atoms with van der Waals surface area (Å²) in [5, 5.41) is 15.1. The monoisotopic (exact) mass is 300 g/mol. The van der Waals surface area contributed by atoms with Crippen LogP contribution in [-0.4, -0.2) is 17.4 Å². The van der Waals surface area contributed by atoms with E-state index in [1.54, 1.807) is 30.6 Å². The number of anilines is 2. The predicted octanol–water partition coefficient (Wildman–Crippen LogP) is 3.29. The molecule has 2 N–H and O–H groups in total. The molecule has 2 rings (SSSR count). The van der Waals surface area contributed by atoms with Crippen LogP contribution in [0.5, 0.6) is 0 Å². The summed E-state index contributed by atoms with van der Waals surface area (Å²) in [5.74, 6) is -0.315. The third-order valence-electron chi connectivity index (χ3n) is 2.78. The molecule has 0 bridgehead atoms. The molecule has 0 atom stereocenters. The van der Waals surface area contributed by atoms with Crippen LogP contribution in [0, 0.1) is 11.3 Å². The number of hydrogen-bond donors (Lipinski definition) is 2. The Balaban J connectivity index is 2.28. The Labute approximate surface area is 127 Å². The number of benzene rings is 1. The highest BCUT2D eigenvalue weighted by atomic mass is 35.5. The molecule has 0 fully saturated rings. The fourth-order valence-corrected chi connectivity index (χ4v) is 1.97. The zero-order chi connectivity index (χ0) is 15.2. The fraction of sp³-hybridized carbons (Fsp3) is 0.133. The second kappa shape index (κ2) is 6.73. The zero-order valence-electron chi connectivity index (χ0n) is 11.4. The van der Waals surface area contributed by atoms with Gasteiger partial charge >= 0.3 is 0 Å². The first-order valence-corrected chi connectivity index (χ1v) is 6.72. The van der Waals surface area contributed by atoms with Crippen LogP contribution in [0.25, 0.3) is 0 Å². The van der Waals surface area contributed by atoms with Crippen molar-refractivity contribution in [3.63, 3.8) is 0 Å². The first-order chi connectivity index (χ1) is 10.2. The molecule has 0 aliphatic rings. The first-order valence-electron chi connectivity index (χ1n) is 6.34. The molecular formula is C15H13ClN4O. The van der Waals surface area contributed by atoms with Crippen molar-refractivity contribution in [2.45, 2.75) is 6.92 Å². The summed E-state index contributed by atoms with van der Waals surface area (Å²) in [5.41, 5.74) is 1.94. The highest BCUT2D eigenvalue weighted by molar-refractivity contribution is 6.34. The molecule has 0 saturated carbocycles. The lowest BCUT2D eigenvalue weighted by Crippen LogP contribution is -2.15. The van der Waals surface area contributed by atoms with Crippen molar-refractivity contribution in [1.29, 1.82) is 5.26 Å². The van der Waals surface area contributed by atoms with Crippen molar-refractivity contribution in [3.8, 4) is 6.07 Å². The quantitative estimate of drug-likeness (QED) is 0.908. The van der Waals surface area contributed by atoms with Gasteiger partial charge in [-0.3, -0.25) is 9.78 Å². The van der Waals surface area contributed by atoms with E-state index in [2.05, 4.69) is 15.6 Å². The Hall–Kier alpha value is -2.58. The number of amides is 1. The summed E-state index contributed by atoms with van der Waals surface area (Å²) >= 11 is 6.03. The Kier molecular flexibility index (Phi) is 4.75. The maximum atomic E-state index is 12.3. The second-order valence-electron chi connectivity index (χ2n) is 4.21. The van der Waals surface area contributed by atoms with Crippen molar-refractivity contribution >= 4 is 28.9 Å². The number of nitriles is 1. The van der Waals surface area contributed by atoms with E-state index < -0.39 is 0 Å². The lowest BCUT2D eigenvalue weighted by atomic mass is 10.2. The fourth-order valence-electron chi connectivity index (χ4n) is 1.80. The predicted molar refractivity (Wildman–Crippen MR) is 82.5 cm³/mol. The van der Waals surface area contributed by atoms with Crippen molar-refractivity contribution in [3.05, 3.63) is 52.8 Å². The SMILES string of the molecule is CCNc1cnccc1C(=O)Nc1cc(C#N)ccc1Cl. The summed E-state index contributed by atoms with van der Waals surface area (Å²) in [6.07, 6.45) is 3.13. The van der Waals surface area contributed by atoms with E-state index in [9.17, 15) is 4.79 Å². The lowest BCUT2D eigenvalue weighted by Gasteiger charge is -2.11. The number of halogens is 1. The van der Waals surface area contributed by atoms with E-state index in [1.165, 1.54) is 6.07 Å². The maximum Gasteiger partial charge on any atom is 0.257 e. The molecule has 0 spiro atoms. The van der Waals surface area contributed by atoms with E-state index in [4.69, 9.17) is 16.9 Å². The van der Waals surface area contributed by atoms with Crippen LogP contribution in [0.3, 0.4) is 0 Å². The summed E-state index contributed by atoms with van der Waals surface area (Å²) in [7, 11) is 0. The van der Waals surface area contributed by atoms with Gasteiger partial charge in [0.15, 0.2) is 0 Å². The molecule has 0 unspecified atom stereocenters. The molecule has 1 amide bonds. The molecule has 0 aliphatic heterocycles. The highest BCUT2D eigenvalue weighted by Crippen LogP contribution is 2.24. The third kappa shape index (κ3) is 3.50. The smallest absolute Gasteiger partial charge is 0.257 e. The highest BCUT2D eigenvalue weighted by Gasteiger charge is 2.13. The number of hydrogen-bond acceptors (Lipinski definition) is 4. The van der Waals surface area contributed by atoms with Crippen LogP contribution in [0.15, 0.2) is 36.7 Å². The number of carbonyl (C=O) groups is 1. The van der Waals surface area contributed by atoms with Crippen LogP contribution >= 0.6 is 11.6 Å². The van der Waals surface area contributed by atoms with Crippen LogP contribution < -0.4 is 10.6 Å². The number of rotatable bonds is 4. The normalized spacial score (nSPS) is 9.76. The van der Waals surface area contributed by atoms with Crippen LogP contribution in [0.2, 0.25) is 5.02 Å². The molecule has 0 aliphatic carbocycles. The largest absolute Gasteiger partial charge is 0.383 e. The van der Waals surface area contributed by atoms with Crippen LogP contribution in [0.4, 0.5) is 11.4 Å². The molecule has 1 heterocycles. The molecular weight excluding hydrogens is 288 g/mol. The van der Waals surface area contributed by atoms with Crippen LogP contribution in [0.1, 0.15) is 22.8 Å². The lowest BCUT2D eigenvalue weighted by molar-refractivity contribution is 0.102. The van der Waals surface area contributed by atoms with Crippen molar-refractivity contribution < 1.29 is 4.79 Å². The minimum Gasteiger partial charge on any atom is -0.383 e. The van der Waals surface area contributed by atoms with Gasteiger partial charge in [0.1, 0.15) is 0 Å². The van der Waals surface area contributed by atoms with Crippen molar-refractivity contribution in [1.82, 2.24) is 4.98 Å². The van der Waals surface area contributed by atoms with Gasteiger partial charge in [0.25, 0.3) is 5.91 Å². The van der Waals surface area contributed by atoms with Gasteiger partial charge in [-0.25, -0.2) is 0 Å². The number of carbonyl (C=O) groups excluding carboxylic acids is 1. The molecule has 1 aromatic heterocycles. The number of nitrogens with one attached hydrogen (secondary N) is 2. The zero-order valence-corrected chi connectivity index (χ0v) is 12.1. The first kappa shape index (κ1) is 14.8. The van der Waals surface area contributed by atoms with Gasteiger partial charge in [0, 0.05) is 12.7 Å². The molecule has 1 aromatic carbocycles. The van der Waals surface area contributed by atoms with Gasteiger partial charge in [-0.1, -0.05) is 11.6 Å². The van der Waals surface area contributed by atoms with E-state index in [0.717, 1.165) is 0 Å². The summed E-state index contributed by atoms with van der Waals surface area (Å²) in [4.78, 5) is 16.3. The maximum absolute atomic E-state index is 12.3. The molecule has 6 heteroatoms. The minimum absolute atomic E-state index is 0.315. The molecule has 0 radical (unpaired) electrons. The Morgan fingerprint density at radius 3 is 2.90 bits per heavy atom. The van der Waals surface area contributed by atoms with E-state index in [0.29, 0.717) is 34.1 Å². The summed E-state index contributed by atoms with van der Waals surface area (Å²) < 4.78 is 0. The number of aromatic nitrogens is 1. The standard InChI is InChI=1S/C15H13ClN4O/c1-2-19-14-9-18-6-5-11(14)15(21)20-13-7-10(8-17)3-4-12(13)16/h3-7,9,19H,2H2,1H3,(H,20,21). The Morgan fingerprint density at radius 1 is 1.38 bits per heavy atom. The second-order valence-corrected chi connectivity index (χ2v) is 4.62. The van der Waals surface area contributed by atoms with Crippen LogP contribution in [-0.2, 0) is 0 Å². The summed E-state index contributed by atoms with van der Waals surface area (Å²) in [6, 6.07) is 8.33. The van der Waals surface area contributed by atoms with Gasteiger partial charge < -0.3 is 10.6 Å². The molecule has 2 aromatic rings. The van der Waals surface area contributed by atoms with E-state index >= 15 is 0 Å². The Bertz CT molecular complexity index is 709. The van der Waals surface area contributed by atoms with Gasteiger partial charge in [0.05, 0.1) is 39.8 Å². The van der Waals surface area contributed by atoms with Crippen molar-refractivity contribution in [2.75, 3.05) is 17.2 Å². The van der Waals surface area contributed by atoms with Gasteiger partial charge in [0.2, 0.25) is 0 Å². The summed E-state index contributed by atoms with van der Waals surface area (Å²) in [6.45, 7) is 2.61. The minimum atomic E-state index is -0.315. The van der Waals surface area contributed by atoms with Gasteiger partial charge in [-0.05, 0) is 31.2 Å². The molecule has 21 heavy (non-hydrogen) atoms. The number of nitrogens with zero attached hydrogens (tertiary/aromatic N) is 2. The van der Waals surface area contributed by atoms with E-state index in [1.807, 2.05) is 13.0 Å². The molecule has 0 saturated heterocycles. The van der Waals surface area contributed by atoms with Crippen molar-refractivity contribution in [2.24, 2.45) is 0 Å². The molecule has 106 valence electrons. The third-order valence-corrected chi connectivity index (χ3v) is 3.11.